The summed E-state index contributed by atoms with van der Waals surface area (Å²) >= 11 is 1.65. The molecule has 22 heavy (non-hydrogen) atoms. The van der Waals surface area contributed by atoms with Crippen molar-refractivity contribution in [2.45, 2.75) is 39.2 Å². The molecule has 0 spiro atoms. The first-order chi connectivity index (χ1) is 10.4. The first-order valence-corrected chi connectivity index (χ1v) is 8.41. The molecule has 0 saturated heterocycles. The van der Waals surface area contributed by atoms with Crippen molar-refractivity contribution < 1.29 is 4.79 Å². The van der Waals surface area contributed by atoms with Crippen molar-refractivity contribution in [1.82, 2.24) is 10.3 Å². The molecule has 0 bridgehead atoms. The number of thiazole rings is 1. The van der Waals surface area contributed by atoms with Crippen molar-refractivity contribution in [3.05, 3.63) is 45.9 Å². The van der Waals surface area contributed by atoms with Crippen molar-refractivity contribution >= 4 is 23.1 Å². The standard InChI is InChI=1S/C17H21N3OS/c1-17(2,3)15-19-13(11-22-15)10-18-16(21)20-9-8-12-6-4-5-7-14(12)20/h4-7,11H,8-10H2,1-3H3,(H,18,21). The van der Waals surface area contributed by atoms with Gasteiger partial charge in [-0.1, -0.05) is 39.0 Å². The van der Waals surface area contributed by atoms with Gasteiger partial charge in [0.25, 0.3) is 0 Å². The van der Waals surface area contributed by atoms with Gasteiger partial charge in [-0.3, -0.25) is 4.90 Å². The minimum atomic E-state index is -0.0461. The Morgan fingerprint density at radius 2 is 2.14 bits per heavy atom. The van der Waals surface area contributed by atoms with Crippen LogP contribution in [0.1, 0.15) is 37.0 Å². The molecule has 0 atom stereocenters. The second-order valence-corrected chi connectivity index (χ2v) is 7.44. The number of hydrogen-bond acceptors (Lipinski definition) is 3. The normalized spacial score (nSPS) is 14.0. The van der Waals surface area contributed by atoms with Crippen molar-refractivity contribution in [2.75, 3.05) is 11.4 Å². The van der Waals surface area contributed by atoms with E-state index in [0.29, 0.717) is 6.54 Å². The number of carbonyl (C=O) groups is 1. The lowest BCUT2D eigenvalue weighted by Gasteiger charge is -2.17. The Hall–Kier alpha value is -1.88. The number of rotatable bonds is 2. The quantitative estimate of drug-likeness (QED) is 0.918. The van der Waals surface area contributed by atoms with Crippen LogP contribution in [0.3, 0.4) is 0 Å². The number of carbonyl (C=O) groups excluding carboxylic acids is 1. The van der Waals surface area contributed by atoms with Gasteiger partial charge in [0, 0.05) is 23.0 Å². The van der Waals surface area contributed by atoms with Crippen LogP contribution in [0.2, 0.25) is 0 Å². The number of fused-ring (bicyclic) bond motifs is 1. The van der Waals surface area contributed by atoms with Gasteiger partial charge in [-0.25, -0.2) is 9.78 Å². The highest BCUT2D eigenvalue weighted by Gasteiger charge is 2.24. The lowest BCUT2D eigenvalue weighted by atomic mass is 9.98. The predicted molar refractivity (Wildman–Crippen MR) is 90.5 cm³/mol. The highest BCUT2D eigenvalue weighted by atomic mass is 32.1. The summed E-state index contributed by atoms with van der Waals surface area (Å²) in [6.45, 7) is 7.67. The first-order valence-electron chi connectivity index (χ1n) is 7.53. The number of para-hydroxylation sites is 1. The van der Waals surface area contributed by atoms with Gasteiger partial charge in [-0.15, -0.1) is 11.3 Å². The zero-order chi connectivity index (χ0) is 15.7. The molecule has 2 aromatic rings. The van der Waals surface area contributed by atoms with E-state index in [0.717, 1.165) is 29.4 Å². The fourth-order valence-electron chi connectivity index (χ4n) is 2.54. The van der Waals surface area contributed by atoms with E-state index >= 15 is 0 Å². The summed E-state index contributed by atoms with van der Waals surface area (Å²) in [5.41, 5.74) is 3.24. The molecule has 1 aliphatic heterocycles. The topological polar surface area (TPSA) is 45.2 Å². The van der Waals surface area contributed by atoms with Gasteiger partial charge in [0.1, 0.15) is 0 Å². The van der Waals surface area contributed by atoms with Crippen molar-refractivity contribution in [3.8, 4) is 0 Å². The second-order valence-electron chi connectivity index (χ2n) is 6.58. The molecule has 0 radical (unpaired) electrons. The maximum atomic E-state index is 12.4. The molecule has 0 saturated carbocycles. The second kappa shape index (κ2) is 5.72. The Labute approximate surface area is 135 Å². The summed E-state index contributed by atoms with van der Waals surface area (Å²) in [7, 11) is 0. The third-order valence-electron chi connectivity index (χ3n) is 3.75. The molecule has 0 fully saturated rings. The van der Waals surface area contributed by atoms with E-state index in [2.05, 4.69) is 37.1 Å². The van der Waals surface area contributed by atoms with Gasteiger partial charge in [-0.05, 0) is 18.1 Å². The molecule has 1 N–H and O–H groups in total. The summed E-state index contributed by atoms with van der Waals surface area (Å²) in [6, 6.07) is 8.03. The Bertz CT molecular complexity index is 687. The maximum Gasteiger partial charge on any atom is 0.322 e. The van der Waals surface area contributed by atoms with Gasteiger partial charge in [0.05, 0.1) is 17.2 Å². The zero-order valence-electron chi connectivity index (χ0n) is 13.2. The van der Waals surface area contributed by atoms with Crippen LogP contribution in [0, 0.1) is 0 Å². The number of anilines is 1. The lowest BCUT2D eigenvalue weighted by Crippen LogP contribution is -2.38. The Balaban J connectivity index is 1.63. The third kappa shape index (κ3) is 2.99. The Morgan fingerprint density at radius 3 is 2.86 bits per heavy atom. The fourth-order valence-corrected chi connectivity index (χ4v) is 3.45. The maximum absolute atomic E-state index is 12.4. The van der Waals surface area contributed by atoms with E-state index in [-0.39, 0.29) is 11.4 Å². The fraction of sp³-hybridized carbons (Fsp3) is 0.412. The molecule has 2 amide bonds. The molecule has 5 heteroatoms. The number of benzene rings is 1. The molecule has 116 valence electrons. The molecular weight excluding hydrogens is 294 g/mol. The zero-order valence-corrected chi connectivity index (χ0v) is 14.0. The highest BCUT2D eigenvalue weighted by Crippen LogP contribution is 2.28. The van der Waals surface area contributed by atoms with E-state index in [4.69, 9.17) is 0 Å². The van der Waals surface area contributed by atoms with Crippen LogP contribution in [0.4, 0.5) is 10.5 Å². The van der Waals surface area contributed by atoms with Crippen molar-refractivity contribution in [2.24, 2.45) is 0 Å². The molecule has 1 aliphatic rings. The molecule has 4 nitrogen and oxygen atoms in total. The summed E-state index contributed by atoms with van der Waals surface area (Å²) in [5, 5.41) is 6.10. The third-order valence-corrected chi connectivity index (χ3v) is 5.06. The number of amides is 2. The van der Waals surface area contributed by atoms with Crippen LogP contribution < -0.4 is 10.2 Å². The van der Waals surface area contributed by atoms with Crippen LogP contribution >= 0.6 is 11.3 Å². The van der Waals surface area contributed by atoms with E-state index in [9.17, 15) is 4.79 Å². The minimum absolute atomic E-state index is 0.0461. The van der Waals surface area contributed by atoms with Gasteiger partial charge in [0.2, 0.25) is 0 Å². The van der Waals surface area contributed by atoms with Crippen LogP contribution in [0.15, 0.2) is 29.6 Å². The Morgan fingerprint density at radius 1 is 1.36 bits per heavy atom. The number of nitrogens with one attached hydrogen (secondary N) is 1. The molecule has 1 aromatic carbocycles. The highest BCUT2D eigenvalue weighted by molar-refractivity contribution is 7.09. The molecular formula is C17H21N3OS. The number of urea groups is 1. The summed E-state index contributed by atoms with van der Waals surface area (Å²) < 4.78 is 0. The minimum Gasteiger partial charge on any atom is -0.332 e. The molecule has 1 aromatic heterocycles. The number of hydrogen-bond donors (Lipinski definition) is 1. The van der Waals surface area contributed by atoms with Crippen LogP contribution in [0.25, 0.3) is 0 Å². The molecule has 0 unspecified atom stereocenters. The monoisotopic (exact) mass is 315 g/mol. The average Bonchev–Trinajstić information content (AvgIpc) is 3.11. The van der Waals surface area contributed by atoms with E-state index in [1.54, 1.807) is 11.3 Å². The molecule has 0 aliphatic carbocycles. The summed E-state index contributed by atoms with van der Waals surface area (Å²) in [6.07, 6.45) is 0.925. The largest absolute Gasteiger partial charge is 0.332 e. The average molecular weight is 315 g/mol. The van der Waals surface area contributed by atoms with E-state index in [1.165, 1.54) is 5.56 Å². The predicted octanol–water partition coefficient (Wildman–Crippen LogP) is 3.71. The summed E-state index contributed by atoms with van der Waals surface area (Å²) in [4.78, 5) is 18.8. The van der Waals surface area contributed by atoms with Crippen LogP contribution in [-0.4, -0.2) is 17.6 Å². The summed E-state index contributed by atoms with van der Waals surface area (Å²) in [5.74, 6) is 0. The van der Waals surface area contributed by atoms with Gasteiger partial charge in [-0.2, -0.15) is 0 Å². The van der Waals surface area contributed by atoms with E-state index < -0.39 is 0 Å². The first kappa shape index (κ1) is 15.0. The number of aromatic nitrogens is 1. The van der Waals surface area contributed by atoms with Crippen molar-refractivity contribution in [3.63, 3.8) is 0 Å². The lowest BCUT2D eigenvalue weighted by molar-refractivity contribution is 0.246. The Kier molecular flexibility index (Phi) is 3.91. The van der Waals surface area contributed by atoms with E-state index in [1.807, 2.05) is 28.5 Å². The smallest absolute Gasteiger partial charge is 0.322 e. The van der Waals surface area contributed by atoms with Crippen LogP contribution in [0.5, 0.6) is 0 Å². The van der Waals surface area contributed by atoms with Gasteiger partial charge >= 0.3 is 6.03 Å². The van der Waals surface area contributed by atoms with Crippen molar-refractivity contribution in [1.29, 1.82) is 0 Å². The van der Waals surface area contributed by atoms with Crippen LogP contribution in [-0.2, 0) is 18.4 Å². The SMILES string of the molecule is CC(C)(C)c1nc(CNC(=O)N2CCc3ccccc32)cs1. The molecule has 2 heterocycles. The van der Waals surface area contributed by atoms with Gasteiger partial charge in [0.15, 0.2) is 0 Å². The van der Waals surface area contributed by atoms with Gasteiger partial charge < -0.3 is 5.32 Å². The molecule has 3 rings (SSSR count). The number of nitrogens with zero attached hydrogens (tertiary/aromatic N) is 2.